The van der Waals surface area contributed by atoms with Crippen LogP contribution in [0.4, 0.5) is 0 Å². The molecule has 1 unspecified atom stereocenters. The molecule has 4 heteroatoms. The lowest BCUT2D eigenvalue weighted by Gasteiger charge is -2.09. The molecule has 1 atom stereocenters. The van der Waals surface area contributed by atoms with Crippen LogP contribution < -0.4 is 10.5 Å². The van der Waals surface area contributed by atoms with Crippen molar-refractivity contribution in [2.45, 2.75) is 12.5 Å². The Morgan fingerprint density at radius 2 is 2.36 bits per heavy atom. The van der Waals surface area contributed by atoms with Gasteiger partial charge in [-0.2, -0.15) is 5.26 Å². The van der Waals surface area contributed by atoms with Crippen molar-refractivity contribution >= 4 is 11.6 Å². The van der Waals surface area contributed by atoms with Crippen LogP contribution in [-0.2, 0) is 0 Å². The second-order valence-corrected chi connectivity index (χ2v) is 3.27. The third-order valence-electron chi connectivity index (χ3n) is 1.92. The lowest BCUT2D eigenvalue weighted by Crippen LogP contribution is -2.09. The lowest BCUT2D eigenvalue weighted by atomic mass is 10.1. The van der Waals surface area contributed by atoms with Gasteiger partial charge < -0.3 is 10.5 Å². The molecule has 74 valence electrons. The Morgan fingerprint density at radius 1 is 1.64 bits per heavy atom. The van der Waals surface area contributed by atoms with Crippen molar-refractivity contribution in [3.63, 3.8) is 0 Å². The number of methoxy groups -OCH3 is 1. The highest BCUT2D eigenvalue weighted by Crippen LogP contribution is 2.27. The number of nitrogens with two attached hydrogens (primary N) is 1. The summed E-state index contributed by atoms with van der Waals surface area (Å²) in [5.41, 5.74) is 6.59. The summed E-state index contributed by atoms with van der Waals surface area (Å²) in [7, 11) is 1.55. The molecular weight excluding hydrogens is 200 g/mol. The first kappa shape index (κ1) is 10.8. The molecule has 0 fully saturated rings. The Balaban J connectivity index is 2.92. The van der Waals surface area contributed by atoms with E-state index >= 15 is 0 Å². The van der Waals surface area contributed by atoms with Gasteiger partial charge in [-0.15, -0.1) is 0 Å². The first-order chi connectivity index (χ1) is 6.69. The molecule has 0 aliphatic carbocycles. The normalized spacial score (nSPS) is 11.9. The fraction of sp³-hybridized carbons (Fsp3) is 0.300. The Labute approximate surface area is 88.0 Å². The predicted octanol–water partition coefficient (Wildman–Crippen LogP) is 2.26. The zero-order valence-electron chi connectivity index (χ0n) is 7.83. The van der Waals surface area contributed by atoms with Gasteiger partial charge in [-0.3, -0.25) is 0 Å². The van der Waals surface area contributed by atoms with Gasteiger partial charge in [-0.1, -0.05) is 17.7 Å². The summed E-state index contributed by atoms with van der Waals surface area (Å²) in [6.07, 6.45) is 0.280. The number of hydrogen-bond donors (Lipinski definition) is 1. The number of ether oxygens (including phenoxy) is 1. The van der Waals surface area contributed by atoms with Crippen LogP contribution in [0.3, 0.4) is 0 Å². The molecular formula is C10H11ClN2O. The van der Waals surface area contributed by atoms with Gasteiger partial charge >= 0.3 is 0 Å². The second kappa shape index (κ2) is 4.85. The number of halogens is 1. The third-order valence-corrected chi connectivity index (χ3v) is 2.21. The summed E-state index contributed by atoms with van der Waals surface area (Å²) in [4.78, 5) is 0. The quantitative estimate of drug-likeness (QED) is 0.833. The van der Waals surface area contributed by atoms with E-state index in [9.17, 15) is 0 Å². The number of nitrogens with zero attached hydrogens (tertiary/aromatic N) is 1. The van der Waals surface area contributed by atoms with E-state index in [0.29, 0.717) is 10.8 Å². The zero-order valence-corrected chi connectivity index (χ0v) is 8.58. The van der Waals surface area contributed by atoms with Crippen molar-refractivity contribution in [1.29, 1.82) is 5.26 Å². The molecule has 0 spiro atoms. The molecule has 0 amide bonds. The summed E-state index contributed by atoms with van der Waals surface area (Å²) < 4.78 is 5.00. The van der Waals surface area contributed by atoms with Gasteiger partial charge in [0.05, 0.1) is 24.6 Å². The maximum Gasteiger partial charge on any atom is 0.137 e. The lowest BCUT2D eigenvalue weighted by molar-refractivity contribution is 0.414. The summed E-state index contributed by atoms with van der Waals surface area (Å²) in [5, 5.41) is 8.99. The summed E-state index contributed by atoms with van der Waals surface area (Å²) in [6, 6.07) is 7.01. The van der Waals surface area contributed by atoms with E-state index in [1.54, 1.807) is 19.2 Å². The minimum Gasteiger partial charge on any atom is -0.495 e. The molecule has 0 radical (unpaired) electrons. The standard InChI is InChI=1S/C10H11ClN2O/c1-14-10-3-2-7(6-8(10)11)9(13)4-5-12/h2-3,6,9H,4,13H2,1H3. The van der Waals surface area contributed by atoms with Crippen molar-refractivity contribution in [2.75, 3.05) is 7.11 Å². The fourth-order valence-corrected chi connectivity index (χ4v) is 1.40. The molecule has 0 saturated heterocycles. The predicted molar refractivity (Wildman–Crippen MR) is 55.2 cm³/mol. The number of benzene rings is 1. The first-order valence-corrected chi connectivity index (χ1v) is 4.52. The van der Waals surface area contributed by atoms with Crippen molar-refractivity contribution in [1.82, 2.24) is 0 Å². The summed E-state index contributed by atoms with van der Waals surface area (Å²) in [5.74, 6) is 0.611. The average molecular weight is 211 g/mol. The fourth-order valence-electron chi connectivity index (χ4n) is 1.13. The highest BCUT2D eigenvalue weighted by molar-refractivity contribution is 6.32. The molecule has 1 rings (SSSR count). The molecule has 0 heterocycles. The molecule has 0 aliphatic rings. The average Bonchev–Trinajstić information content (AvgIpc) is 2.18. The topological polar surface area (TPSA) is 59.0 Å². The highest BCUT2D eigenvalue weighted by atomic mass is 35.5. The van der Waals surface area contributed by atoms with Crippen molar-refractivity contribution < 1.29 is 4.74 Å². The minimum absolute atomic E-state index is 0.280. The molecule has 0 bridgehead atoms. The van der Waals surface area contributed by atoms with Crippen LogP contribution in [-0.4, -0.2) is 7.11 Å². The van der Waals surface area contributed by atoms with Crippen LogP contribution in [0.2, 0.25) is 5.02 Å². The minimum atomic E-state index is -0.289. The van der Waals surface area contributed by atoms with Crippen molar-refractivity contribution in [3.8, 4) is 11.8 Å². The SMILES string of the molecule is COc1ccc(C(N)CC#N)cc1Cl. The van der Waals surface area contributed by atoms with E-state index in [4.69, 9.17) is 27.3 Å². The van der Waals surface area contributed by atoms with E-state index in [0.717, 1.165) is 5.56 Å². The smallest absolute Gasteiger partial charge is 0.137 e. The van der Waals surface area contributed by atoms with Crippen LogP contribution in [0.5, 0.6) is 5.75 Å². The zero-order chi connectivity index (χ0) is 10.6. The maximum atomic E-state index is 8.48. The van der Waals surface area contributed by atoms with Gasteiger partial charge in [-0.05, 0) is 17.7 Å². The van der Waals surface area contributed by atoms with Crippen LogP contribution in [0, 0.1) is 11.3 Å². The maximum absolute atomic E-state index is 8.48. The Bertz CT molecular complexity index is 360. The van der Waals surface area contributed by atoms with Crippen molar-refractivity contribution in [2.24, 2.45) is 5.73 Å². The molecule has 1 aromatic rings. The molecule has 1 aromatic carbocycles. The van der Waals surface area contributed by atoms with E-state index in [1.165, 1.54) is 0 Å². The van der Waals surface area contributed by atoms with E-state index in [2.05, 4.69) is 0 Å². The van der Waals surface area contributed by atoms with Crippen LogP contribution in [0.1, 0.15) is 18.0 Å². The molecule has 0 aliphatic heterocycles. The third kappa shape index (κ3) is 2.38. The van der Waals surface area contributed by atoms with Gasteiger partial charge in [0, 0.05) is 6.04 Å². The second-order valence-electron chi connectivity index (χ2n) is 2.86. The number of nitriles is 1. The highest BCUT2D eigenvalue weighted by Gasteiger charge is 2.08. The van der Waals surface area contributed by atoms with Gasteiger partial charge in [0.2, 0.25) is 0 Å². The molecule has 3 nitrogen and oxygen atoms in total. The number of hydrogen-bond acceptors (Lipinski definition) is 3. The molecule has 0 saturated carbocycles. The van der Waals surface area contributed by atoms with Gasteiger partial charge in [0.25, 0.3) is 0 Å². The van der Waals surface area contributed by atoms with Crippen LogP contribution >= 0.6 is 11.6 Å². The van der Waals surface area contributed by atoms with E-state index in [-0.39, 0.29) is 12.5 Å². The molecule has 0 aromatic heterocycles. The van der Waals surface area contributed by atoms with E-state index in [1.807, 2.05) is 12.1 Å². The molecule has 14 heavy (non-hydrogen) atoms. The van der Waals surface area contributed by atoms with E-state index < -0.39 is 0 Å². The van der Waals surface area contributed by atoms with Crippen LogP contribution in [0.15, 0.2) is 18.2 Å². The van der Waals surface area contributed by atoms with Crippen LogP contribution in [0.25, 0.3) is 0 Å². The number of rotatable bonds is 3. The van der Waals surface area contributed by atoms with Gasteiger partial charge in [0.1, 0.15) is 5.75 Å². The largest absolute Gasteiger partial charge is 0.495 e. The monoisotopic (exact) mass is 210 g/mol. The molecule has 2 N–H and O–H groups in total. The summed E-state index contributed by atoms with van der Waals surface area (Å²) >= 11 is 5.91. The Morgan fingerprint density at radius 3 is 2.86 bits per heavy atom. The summed E-state index contributed by atoms with van der Waals surface area (Å²) in [6.45, 7) is 0. The van der Waals surface area contributed by atoms with Gasteiger partial charge in [-0.25, -0.2) is 0 Å². The first-order valence-electron chi connectivity index (χ1n) is 4.15. The van der Waals surface area contributed by atoms with Gasteiger partial charge in [0.15, 0.2) is 0 Å². The Hall–Kier alpha value is -1.24. The Kier molecular flexibility index (Phi) is 3.75. The van der Waals surface area contributed by atoms with Crippen molar-refractivity contribution in [3.05, 3.63) is 28.8 Å².